The second-order valence-corrected chi connectivity index (χ2v) is 3.16. The van der Waals surface area contributed by atoms with Crippen molar-refractivity contribution in [3.63, 3.8) is 0 Å². The maximum absolute atomic E-state index is 5.54. The standard InChI is InChI=1S/C11H18O/c1-3-9-12-11-7-5-10(4-2)6-8-11/h5,7H,3-4,6,8-9H2,1-2H3. The Morgan fingerprint density at radius 3 is 2.58 bits per heavy atom. The lowest BCUT2D eigenvalue weighted by Gasteiger charge is -2.14. The van der Waals surface area contributed by atoms with Crippen LogP contribution in [0.1, 0.15) is 39.5 Å². The fraction of sp³-hybridized carbons (Fsp3) is 0.636. The monoisotopic (exact) mass is 166 g/mol. The average Bonchev–Trinajstić information content (AvgIpc) is 2.15. The highest BCUT2D eigenvalue weighted by Gasteiger charge is 2.04. The highest BCUT2D eigenvalue weighted by molar-refractivity contribution is 5.20. The van der Waals surface area contributed by atoms with E-state index < -0.39 is 0 Å². The fourth-order valence-electron chi connectivity index (χ4n) is 1.31. The highest BCUT2D eigenvalue weighted by Crippen LogP contribution is 2.20. The summed E-state index contributed by atoms with van der Waals surface area (Å²) in [6, 6.07) is 0. The molecule has 0 heterocycles. The summed E-state index contributed by atoms with van der Waals surface area (Å²) in [5.74, 6) is 1.16. The molecular weight excluding hydrogens is 148 g/mol. The fourth-order valence-corrected chi connectivity index (χ4v) is 1.31. The number of hydrogen-bond acceptors (Lipinski definition) is 1. The molecule has 0 aliphatic heterocycles. The Kier molecular flexibility index (Phi) is 3.92. The largest absolute Gasteiger partial charge is 0.498 e. The van der Waals surface area contributed by atoms with E-state index in [2.05, 4.69) is 26.0 Å². The second kappa shape index (κ2) is 5.02. The Bertz CT molecular complexity index is 189. The smallest absolute Gasteiger partial charge is 0.0962 e. The maximum Gasteiger partial charge on any atom is 0.0962 e. The van der Waals surface area contributed by atoms with Crippen molar-refractivity contribution in [3.8, 4) is 0 Å². The first kappa shape index (κ1) is 9.37. The average molecular weight is 166 g/mol. The van der Waals surface area contributed by atoms with Gasteiger partial charge in [0.1, 0.15) is 0 Å². The molecule has 1 nitrogen and oxygen atoms in total. The molecule has 12 heavy (non-hydrogen) atoms. The van der Waals surface area contributed by atoms with E-state index in [1.165, 1.54) is 12.8 Å². The minimum atomic E-state index is 0.862. The summed E-state index contributed by atoms with van der Waals surface area (Å²) < 4.78 is 5.54. The minimum absolute atomic E-state index is 0.862. The molecule has 0 fully saturated rings. The van der Waals surface area contributed by atoms with Gasteiger partial charge >= 0.3 is 0 Å². The van der Waals surface area contributed by atoms with Gasteiger partial charge in [-0.2, -0.15) is 0 Å². The predicted molar refractivity (Wildman–Crippen MR) is 51.9 cm³/mol. The molecule has 1 heteroatoms. The van der Waals surface area contributed by atoms with Gasteiger partial charge in [-0.1, -0.05) is 25.5 Å². The van der Waals surface area contributed by atoms with Gasteiger partial charge in [0, 0.05) is 6.42 Å². The number of rotatable bonds is 4. The lowest BCUT2D eigenvalue weighted by Crippen LogP contribution is -1.98. The zero-order valence-corrected chi connectivity index (χ0v) is 8.10. The number of hydrogen-bond donors (Lipinski definition) is 0. The third-order valence-electron chi connectivity index (χ3n) is 2.14. The zero-order valence-electron chi connectivity index (χ0n) is 8.10. The van der Waals surface area contributed by atoms with Crippen LogP contribution in [0.5, 0.6) is 0 Å². The molecule has 0 atom stereocenters. The van der Waals surface area contributed by atoms with E-state index in [1.54, 1.807) is 5.57 Å². The number of ether oxygens (including phenoxy) is 1. The first-order chi connectivity index (χ1) is 5.86. The molecule has 68 valence electrons. The van der Waals surface area contributed by atoms with Gasteiger partial charge in [0.25, 0.3) is 0 Å². The van der Waals surface area contributed by atoms with E-state index in [-0.39, 0.29) is 0 Å². The van der Waals surface area contributed by atoms with Gasteiger partial charge in [0.2, 0.25) is 0 Å². The Balaban J connectivity index is 2.37. The van der Waals surface area contributed by atoms with E-state index in [9.17, 15) is 0 Å². The molecule has 0 bridgehead atoms. The Hall–Kier alpha value is -0.720. The molecule has 0 saturated carbocycles. The van der Waals surface area contributed by atoms with Crippen molar-refractivity contribution < 1.29 is 4.74 Å². The predicted octanol–water partition coefficient (Wildman–Crippen LogP) is 3.43. The van der Waals surface area contributed by atoms with Gasteiger partial charge < -0.3 is 4.74 Å². The number of allylic oxidation sites excluding steroid dienone is 4. The molecule has 0 unspecified atom stereocenters. The summed E-state index contributed by atoms with van der Waals surface area (Å²) in [6.07, 6.45) is 8.89. The molecule has 0 aromatic rings. The third-order valence-corrected chi connectivity index (χ3v) is 2.14. The van der Waals surface area contributed by atoms with E-state index in [0.29, 0.717) is 0 Å². The van der Waals surface area contributed by atoms with Crippen molar-refractivity contribution in [1.82, 2.24) is 0 Å². The normalized spacial score (nSPS) is 16.8. The van der Waals surface area contributed by atoms with Crippen molar-refractivity contribution in [2.24, 2.45) is 0 Å². The maximum atomic E-state index is 5.54. The van der Waals surface area contributed by atoms with Crippen molar-refractivity contribution in [3.05, 3.63) is 23.5 Å². The minimum Gasteiger partial charge on any atom is -0.498 e. The van der Waals surface area contributed by atoms with Gasteiger partial charge in [0.15, 0.2) is 0 Å². The van der Waals surface area contributed by atoms with Gasteiger partial charge in [-0.15, -0.1) is 0 Å². The summed E-state index contributed by atoms with van der Waals surface area (Å²) in [7, 11) is 0. The first-order valence-corrected chi connectivity index (χ1v) is 4.88. The molecular formula is C11H18O. The molecule has 0 N–H and O–H groups in total. The van der Waals surface area contributed by atoms with Crippen molar-refractivity contribution in [2.45, 2.75) is 39.5 Å². The van der Waals surface area contributed by atoms with Crippen LogP contribution in [-0.4, -0.2) is 6.61 Å². The van der Waals surface area contributed by atoms with Crippen LogP contribution < -0.4 is 0 Å². The molecule has 0 radical (unpaired) electrons. The third kappa shape index (κ3) is 2.72. The second-order valence-electron chi connectivity index (χ2n) is 3.16. The Labute approximate surface area is 75.1 Å². The summed E-state index contributed by atoms with van der Waals surface area (Å²) >= 11 is 0. The van der Waals surface area contributed by atoms with E-state index >= 15 is 0 Å². The van der Waals surface area contributed by atoms with Crippen molar-refractivity contribution in [2.75, 3.05) is 6.61 Å². The molecule has 0 aromatic carbocycles. The van der Waals surface area contributed by atoms with Crippen LogP contribution in [0.4, 0.5) is 0 Å². The Morgan fingerprint density at radius 2 is 2.08 bits per heavy atom. The van der Waals surface area contributed by atoms with E-state index in [4.69, 9.17) is 4.74 Å². The topological polar surface area (TPSA) is 9.23 Å². The lowest BCUT2D eigenvalue weighted by atomic mass is 10.0. The summed E-state index contributed by atoms with van der Waals surface area (Å²) in [5, 5.41) is 0. The molecule has 1 aliphatic carbocycles. The zero-order chi connectivity index (χ0) is 8.81. The van der Waals surface area contributed by atoms with Crippen LogP contribution in [0.25, 0.3) is 0 Å². The SMILES string of the molecule is CCCOC1=CC=C(CC)CC1. The quantitative estimate of drug-likeness (QED) is 0.621. The van der Waals surface area contributed by atoms with Crippen LogP contribution in [0.15, 0.2) is 23.5 Å². The summed E-state index contributed by atoms with van der Waals surface area (Å²) in [6.45, 7) is 5.20. The Morgan fingerprint density at radius 1 is 1.25 bits per heavy atom. The van der Waals surface area contributed by atoms with E-state index in [0.717, 1.165) is 25.2 Å². The van der Waals surface area contributed by atoms with Crippen LogP contribution >= 0.6 is 0 Å². The molecule has 0 amide bonds. The van der Waals surface area contributed by atoms with Crippen molar-refractivity contribution in [1.29, 1.82) is 0 Å². The van der Waals surface area contributed by atoms with Crippen LogP contribution in [0, 0.1) is 0 Å². The van der Waals surface area contributed by atoms with Crippen LogP contribution in [0.3, 0.4) is 0 Å². The van der Waals surface area contributed by atoms with Gasteiger partial charge in [0.05, 0.1) is 12.4 Å². The molecule has 0 aromatic heterocycles. The van der Waals surface area contributed by atoms with Crippen LogP contribution in [0.2, 0.25) is 0 Å². The lowest BCUT2D eigenvalue weighted by molar-refractivity contribution is 0.201. The summed E-state index contributed by atoms with van der Waals surface area (Å²) in [4.78, 5) is 0. The first-order valence-electron chi connectivity index (χ1n) is 4.88. The molecule has 0 spiro atoms. The van der Waals surface area contributed by atoms with E-state index in [1.807, 2.05) is 0 Å². The van der Waals surface area contributed by atoms with Crippen LogP contribution in [-0.2, 0) is 4.74 Å². The van der Waals surface area contributed by atoms with Gasteiger partial charge in [-0.3, -0.25) is 0 Å². The van der Waals surface area contributed by atoms with Gasteiger partial charge in [-0.05, 0) is 25.3 Å². The molecule has 0 saturated heterocycles. The van der Waals surface area contributed by atoms with Gasteiger partial charge in [-0.25, -0.2) is 0 Å². The molecule has 1 rings (SSSR count). The highest BCUT2D eigenvalue weighted by atomic mass is 16.5. The summed E-state index contributed by atoms with van der Waals surface area (Å²) in [5.41, 5.74) is 1.54. The molecule has 1 aliphatic rings. The van der Waals surface area contributed by atoms with Crippen molar-refractivity contribution >= 4 is 0 Å².